The van der Waals surface area contributed by atoms with Gasteiger partial charge in [-0.1, -0.05) is 6.92 Å². The Hall–Kier alpha value is -1.38. The molecular formula is C19H35N5O3. The molecule has 154 valence electrons. The van der Waals surface area contributed by atoms with E-state index in [1.807, 2.05) is 16.7 Å². The van der Waals surface area contributed by atoms with Crippen molar-refractivity contribution in [2.75, 3.05) is 72.5 Å². The van der Waals surface area contributed by atoms with Gasteiger partial charge in [0.2, 0.25) is 5.91 Å². The quantitative estimate of drug-likeness (QED) is 0.701. The van der Waals surface area contributed by atoms with Crippen molar-refractivity contribution in [3.05, 3.63) is 0 Å². The zero-order valence-corrected chi connectivity index (χ0v) is 17.1. The number of hydrogen-bond donors (Lipinski definition) is 1. The molecule has 1 atom stereocenters. The van der Waals surface area contributed by atoms with Gasteiger partial charge in [0.05, 0.1) is 12.6 Å². The molecule has 3 aliphatic rings. The van der Waals surface area contributed by atoms with Crippen molar-refractivity contribution in [3.63, 3.8) is 0 Å². The maximum Gasteiger partial charge on any atom is 0.410 e. The zero-order valence-electron chi connectivity index (χ0n) is 17.1. The number of piperazine rings is 1. The highest BCUT2D eigenvalue weighted by Crippen LogP contribution is 2.33. The van der Waals surface area contributed by atoms with Crippen molar-refractivity contribution in [1.82, 2.24) is 24.9 Å². The Bertz CT molecular complexity index is 527. The van der Waals surface area contributed by atoms with Crippen LogP contribution in [0.25, 0.3) is 0 Å². The van der Waals surface area contributed by atoms with Gasteiger partial charge in [-0.3, -0.25) is 9.69 Å². The van der Waals surface area contributed by atoms with E-state index in [0.717, 1.165) is 58.7 Å². The minimum atomic E-state index is -0.405. The highest BCUT2D eigenvalue weighted by atomic mass is 16.6. The molecule has 2 amide bonds. The van der Waals surface area contributed by atoms with E-state index >= 15 is 0 Å². The van der Waals surface area contributed by atoms with Crippen LogP contribution >= 0.6 is 0 Å². The maximum absolute atomic E-state index is 12.4. The van der Waals surface area contributed by atoms with Gasteiger partial charge in [-0.05, 0) is 20.5 Å². The predicted molar refractivity (Wildman–Crippen MR) is 104 cm³/mol. The first kappa shape index (κ1) is 20.4. The second-order valence-corrected chi connectivity index (χ2v) is 8.08. The molecule has 27 heavy (non-hydrogen) atoms. The average Bonchev–Trinajstić information content (AvgIpc) is 3.01. The number of hydrogen-bond acceptors (Lipinski definition) is 6. The number of ether oxygens (including phenoxy) is 1. The fraction of sp³-hybridized carbons (Fsp3) is 0.895. The molecule has 3 heterocycles. The van der Waals surface area contributed by atoms with Gasteiger partial charge >= 0.3 is 6.09 Å². The molecule has 3 aliphatic heterocycles. The van der Waals surface area contributed by atoms with Crippen LogP contribution in [-0.2, 0) is 9.53 Å². The van der Waals surface area contributed by atoms with Crippen LogP contribution < -0.4 is 5.32 Å². The van der Waals surface area contributed by atoms with Crippen LogP contribution in [0.4, 0.5) is 4.79 Å². The lowest BCUT2D eigenvalue weighted by Crippen LogP contribution is -2.52. The minimum Gasteiger partial charge on any atom is -0.441 e. The molecule has 1 N–H and O–H groups in total. The standard InChI is InChI=1S/C19H35N5O3/c1-4-21-9-11-22(12-10-21)13-14-24-15-19(27-18(24)26)5-7-23(8-6-19)17(25)16(2)20-3/h16,20H,4-15H2,1-3H3/t16-/m0/s1. The summed E-state index contributed by atoms with van der Waals surface area (Å²) in [6, 6.07) is -0.171. The van der Waals surface area contributed by atoms with Crippen LogP contribution in [0, 0.1) is 0 Å². The van der Waals surface area contributed by atoms with Gasteiger partial charge in [0.25, 0.3) is 0 Å². The van der Waals surface area contributed by atoms with Crippen molar-refractivity contribution < 1.29 is 14.3 Å². The van der Waals surface area contributed by atoms with Gasteiger partial charge in [-0.25, -0.2) is 4.79 Å². The predicted octanol–water partition coefficient (Wildman–Crippen LogP) is 0.0452. The van der Waals surface area contributed by atoms with E-state index in [4.69, 9.17) is 4.74 Å². The molecule has 3 rings (SSSR count). The Morgan fingerprint density at radius 1 is 1.11 bits per heavy atom. The summed E-state index contributed by atoms with van der Waals surface area (Å²) in [5.41, 5.74) is -0.405. The van der Waals surface area contributed by atoms with E-state index in [2.05, 4.69) is 22.0 Å². The van der Waals surface area contributed by atoms with Crippen LogP contribution in [0.3, 0.4) is 0 Å². The molecule has 8 heteroatoms. The number of nitrogens with one attached hydrogen (secondary N) is 1. The molecule has 0 aromatic heterocycles. The van der Waals surface area contributed by atoms with Gasteiger partial charge in [-0.2, -0.15) is 0 Å². The third-order valence-electron chi connectivity index (χ3n) is 6.43. The first-order valence-corrected chi connectivity index (χ1v) is 10.3. The molecule has 0 unspecified atom stereocenters. The van der Waals surface area contributed by atoms with Gasteiger partial charge in [-0.15, -0.1) is 0 Å². The number of carbonyl (C=O) groups excluding carboxylic acids is 2. The molecule has 0 saturated carbocycles. The van der Waals surface area contributed by atoms with Gasteiger partial charge < -0.3 is 24.8 Å². The largest absolute Gasteiger partial charge is 0.441 e. The highest BCUT2D eigenvalue weighted by Gasteiger charge is 2.47. The van der Waals surface area contributed by atoms with Crippen molar-refractivity contribution >= 4 is 12.0 Å². The monoisotopic (exact) mass is 381 g/mol. The smallest absolute Gasteiger partial charge is 0.410 e. The van der Waals surface area contributed by atoms with Crippen LogP contribution in [0.1, 0.15) is 26.7 Å². The lowest BCUT2D eigenvalue weighted by Gasteiger charge is -2.38. The number of piperidine rings is 1. The van der Waals surface area contributed by atoms with E-state index in [1.54, 1.807) is 7.05 Å². The maximum atomic E-state index is 12.4. The van der Waals surface area contributed by atoms with Crippen LogP contribution in [0.15, 0.2) is 0 Å². The van der Waals surface area contributed by atoms with E-state index in [-0.39, 0.29) is 18.0 Å². The lowest BCUT2D eigenvalue weighted by atomic mass is 9.91. The molecule has 3 saturated heterocycles. The van der Waals surface area contributed by atoms with Gasteiger partial charge in [0.15, 0.2) is 0 Å². The summed E-state index contributed by atoms with van der Waals surface area (Å²) < 4.78 is 5.80. The number of rotatable bonds is 6. The molecule has 0 radical (unpaired) electrons. The summed E-state index contributed by atoms with van der Waals surface area (Å²) >= 11 is 0. The Labute approximate surface area is 162 Å². The van der Waals surface area contributed by atoms with Crippen molar-refractivity contribution in [3.8, 4) is 0 Å². The average molecular weight is 382 g/mol. The number of likely N-dealkylation sites (tertiary alicyclic amines) is 1. The van der Waals surface area contributed by atoms with E-state index < -0.39 is 5.60 Å². The molecule has 8 nitrogen and oxygen atoms in total. The van der Waals surface area contributed by atoms with Gasteiger partial charge in [0, 0.05) is 65.2 Å². The fourth-order valence-electron chi connectivity index (χ4n) is 4.25. The SMILES string of the molecule is CCN1CCN(CCN2CC3(CCN(C(=O)[C@H](C)NC)CC3)OC2=O)CC1. The second kappa shape index (κ2) is 8.75. The summed E-state index contributed by atoms with van der Waals surface area (Å²) in [4.78, 5) is 33.3. The van der Waals surface area contributed by atoms with Crippen LogP contribution in [0.5, 0.6) is 0 Å². The lowest BCUT2D eigenvalue weighted by molar-refractivity contribution is -0.136. The minimum absolute atomic E-state index is 0.125. The third-order valence-corrected chi connectivity index (χ3v) is 6.43. The molecule has 1 spiro atoms. The number of likely N-dealkylation sites (N-methyl/N-ethyl adjacent to an activating group) is 2. The van der Waals surface area contributed by atoms with Crippen LogP contribution in [-0.4, -0.2) is 116 Å². The summed E-state index contributed by atoms with van der Waals surface area (Å²) in [5, 5.41) is 3.00. The third kappa shape index (κ3) is 4.73. The normalized spacial score (nSPS) is 25.1. The first-order chi connectivity index (χ1) is 13.0. The molecule has 0 aromatic carbocycles. The molecule has 0 bridgehead atoms. The second-order valence-electron chi connectivity index (χ2n) is 8.08. The Balaban J connectivity index is 1.44. The summed E-state index contributed by atoms with van der Waals surface area (Å²) in [6.07, 6.45) is 1.27. The highest BCUT2D eigenvalue weighted by molar-refractivity contribution is 5.81. The topological polar surface area (TPSA) is 68.4 Å². The molecule has 0 aliphatic carbocycles. The van der Waals surface area contributed by atoms with E-state index in [1.165, 1.54) is 0 Å². The fourth-order valence-corrected chi connectivity index (χ4v) is 4.25. The molecular weight excluding hydrogens is 346 g/mol. The number of carbonyl (C=O) groups is 2. The van der Waals surface area contributed by atoms with E-state index in [9.17, 15) is 9.59 Å². The van der Waals surface area contributed by atoms with Crippen LogP contribution in [0.2, 0.25) is 0 Å². The summed E-state index contributed by atoms with van der Waals surface area (Å²) in [5.74, 6) is 0.125. The molecule has 3 fully saturated rings. The summed E-state index contributed by atoms with van der Waals surface area (Å²) in [6.45, 7) is 13.2. The van der Waals surface area contributed by atoms with Crippen molar-refractivity contribution in [1.29, 1.82) is 0 Å². The Kier molecular flexibility index (Phi) is 6.60. The zero-order chi connectivity index (χ0) is 19.4. The van der Waals surface area contributed by atoms with Gasteiger partial charge in [0.1, 0.15) is 5.60 Å². The number of nitrogens with zero attached hydrogens (tertiary/aromatic N) is 4. The van der Waals surface area contributed by atoms with Crippen molar-refractivity contribution in [2.24, 2.45) is 0 Å². The molecule has 0 aromatic rings. The Morgan fingerprint density at radius 3 is 2.33 bits per heavy atom. The van der Waals surface area contributed by atoms with Crippen molar-refractivity contribution in [2.45, 2.75) is 38.3 Å². The Morgan fingerprint density at radius 2 is 1.74 bits per heavy atom. The number of amides is 2. The summed E-state index contributed by atoms with van der Waals surface area (Å²) in [7, 11) is 1.80. The van der Waals surface area contributed by atoms with E-state index in [0.29, 0.717) is 19.6 Å². The first-order valence-electron chi connectivity index (χ1n) is 10.3.